The highest BCUT2D eigenvalue weighted by Crippen LogP contribution is 2.26. The molecule has 0 atom stereocenters. The zero-order valence-electron chi connectivity index (χ0n) is 15.0. The molecule has 0 amide bonds. The van der Waals surface area contributed by atoms with Gasteiger partial charge in [-0.05, 0) is 62.7 Å². The summed E-state index contributed by atoms with van der Waals surface area (Å²) in [5.74, 6) is -0.155. The molecule has 0 aromatic heterocycles. The second-order valence-corrected chi connectivity index (χ2v) is 6.77. The highest BCUT2D eigenvalue weighted by Gasteiger charge is 2.17. The van der Waals surface area contributed by atoms with Crippen LogP contribution in [0.15, 0.2) is 46.9 Å². The molecule has 0 saturated carbocycles. The minimum Gasteiger partial charge on any atom is -0.490 e. The number of benzene rings is 2. The van der Waals surface area contributed by atoms with E-state index < -0.39 is 11.9 Å². The van der Waals surface area contributed by atoms with Gasteiger partial charge in [0.2, 0.25) is 0 Å². The fourth-order valence-electron chi connectivity index (χ4n) is 2.12. The first-order valence-electron chi connectivity index (χ1n) is 8.36. The molecule has 0 radical (unpaired) electrons. The predicted octanol–water partition coefficient (Wildman–Crippen LogP) is 5.02. The van der Waals surface area contributed by atoms with E-state index in [0.29, 0.717) is 29.2 Å². The van der Waals surface area contributed by atoms with Crippen LogP contribution in [0.2, 0.25) is 0 Å². The molecule has 0 fully saturated rings. The first kappa shape index (κ1) is 20.0. The van der Waals surface area contributed by atoms with Crippen molar-refractivity contribution in [2.24, 2.45) is 0 Å². The van der Waals surface area contributed by atoms with Gasteiger partial charge in [-0.2, -0.15) is 0 Å². The van der Waals surface area contributed by atoms with Crippen LogP contribution in [0.3, 0.4) is 0 Å². The summed E-state index contributed by atoms with van der Waals surface area (Å²) in [7, 11) is 0. The van der Waals surface area contributed by atoms with E-state index in [1.165, 1.54) is 0 Å². The van der Waals surface area contributed by atoms with Gasteiger partial charge in [0, 0.05) is 4.47 Å². The molecule has 2 aromatic rings. The van der Waals surface area contributed by atoms with E-state index in [2.05, 4.69) is 15.9 Å². The molecule has 5 nitrogen and oxygen atoms in total. The summed E-state index contributed by atoms with van der Waals surface area (Å²) < 4.78 is 16.9. The van der Waals surface area contributed by atoms with Gasteiger partial charge in [-0.25, -0.2) is 9.59 Å². The van der Waals surface area contributed by atoms with Crippen LogP contribution in [0.25, 0.3) is 0 Å². The molecule has 2 rings (SSSR count). The van der Waals surface area contributed by atoms with Crippen LogP contribution in [0, 0.1) is 0 Å². The smallest absolute Gasteiger partial charge is 0.347 e. The minimum atomic E-state index is -0.539. The Labute approximate surface area is 161 Å². The number of halogens is 1. The second kappa shape index (κ2) is 9.38. The summed E-state index contributed by atoms with van der Waals surface area (Å²) in [6, 6.07) is 11.4. The minimum absolute atomic E-state index is 0.0730. The third-order valence-electron chi connectivity index (χ3n) is 3.26. The highest BCUT2D eigenvalue weighted by atomic mass is 79.9. The van der Waals surface area contributed by atoms with Crippen molar-refractivity contribution in [1.82, 2.24) is 0 Å². The Morgan fingerprint density at radius 2 is 1.73 bits per heavy atom. The molecule has 0 bridgehead atoms. The van der Waals surface area contributed by atoms with Crippen LogP contribution in [0.4, 0.5) is 0 Å². The molecule has 0 aliphatic heterocycles. The van der Waals surface area contributed by atoms with E-state index in [-0.39, 0.29) is 6.10 Å². The van der Waals surface area contributed by atoms with E-state index in [1.807, 2.05) is 20.8 Å². The summed E-state index contributed by atoms with van der Waals surface area (Å²) in [4.78, 5) is 24.3. The number of hydrogen-bond acceptors (Lipinski definition) is 5. The first-order chi connectivity index (χ1) is 12.4. The lowest BCUT2D eigenvalue weighted by Crippen LogP contribution is -2.14. The lowest BCUT2D eigenvalue weighted by molar-refractivity contribution is 0.0505. The number of carbonyl (C=O) groups excluding carboxylic acids is 2. The van der Waals surface area contributed by atoms with Crippen LogP contribution in [-0.2, 0) is 4.74 Å². The van der Waals surface area contributed by atoms with Gasteiger partial charge >= 0.3 is 11.9 Å². The van der Waals surface area contributed by atoms with Crippen molar-refractivity contribution >= 4 is 27.9 Å². The third kappa shape index (κ3) is 5.59. The monoisotopic (exact) mass is 420 g/mol. The van der Waals surface area contributed by atoms with Gasteiger partial charge in [0.25, 0.3) is 0 Å². The van der Waals surface area contributed by atoms with E-state index in [4.69, 9.17) is 14.2 Å². The second-order valence-electron chi connectivity index (χ2n) is 5.86. The maximum Gasteiger partial charge on any atom is 0.347 e. The van der Waals surface area contributed by atoms with Gasteiger partial charge in [-0.15, -0.1) is 0 Å². The van der Waals surface area contributed by atoms with Crippen molar-refractivity contribution in [2.45, 2.75) is 33.3 Å². The molecule has 6 heteroatoms. The van der Waals surface area contributed by atoms with Crippen molar-refractivity contribution in [3.05, 3.63) is 58.1 Å². The number of ether oxygens (including phenoxy) is 3. The van der Waals surface area contributed by atoms with Crippen LogP contribution in [0.5, 0.6) is 11.5 Å². The quantitative estimate of drug-likeness (QED) is 0.464. The van der Waals surface area contributed by atoms with Gasteiger partial charge < -0.3 is 14.2 Å². The maximum atomic E-state index is 12.5. The molecule has 26 heavy (non-hydrogen) atoms. The van der Waals surface area contributed by atoms with Crippen molar-refractivity contribution < 1.29 is 23.8 Å². The van der Waals surface area contributed by atoms with Gasteiger partial charge in [0.15, 0.2) is 0 Å². The molecule has 0 aliphatic rings. The van der Waals surface area contributed by atoms with Gasteiger partial charge in [0.05, 0.1) is 18.3 Å². The summed E-state index contributed by atoms with van der Waals surface area (Å²) in [6.45, 7) is 6.06. The average Bonchev–Trinajstić information content (AvgIpc) is 2.61. The zero-order valence-corrected chi connectivity index (χ0v) is 16.5. The molecule has 2 aromatic carbocycles. The van der Waals surface area contributed by atoms with Gasteiger partial charge in [0.1, 0.15) is 17.1 Å². The Kier molecular flexibility index (Phi) is 7.21. The Morgan fingerprint density at radius 1 is 1.04 bits per heavy atom. The number of carbonyl (C=O) groups is 2. The van der Waals surface area contributed by atoms with E-state index in [0.717, 1.165) is 10.9 Å². The SMILES string of the molecule is CCCOC(=O)c1ccc(OC(=O)c2cc(Br)ccc2OC(C)C)cc1. The van der Waals surface area contributed by atoms with Crippen LogP contribution >= 0.6 is 15.9 Å². The van der Waals surface area contributed by atoms with Crippen LogP contribution in [-0.4, -0.2) is 24.6 Å². The Morgan fingerprint density at radius 3 is 2.35 bits per heavy atom. The molecule has 0 spiro atoms. The van der Waals surface area contributed by atoms with Gasteiger partial charge in [-0.3, -0.25) is 0 Å². The summed E-state index contributed by atoms with van der Waals surface area (Å²) in [5.41, 5.74) is 0.726. The lowest BCUT2D eigenvalue weighted by atomic mass is 10.2. The van der Waals surface area contributed by atoms with Crippen molar-refractivity contribution in [2.75, 3.05) is 6.61 Å². The highest BCUT2D eigenvalue weighted by molar-refractivity contribution is 9.10. The topological polar surface area (TPSA) is 61.8 Å². The summed E-state index contributed by atoms with van der Waals surface area (Å²) in [6.07, 6.45) is 0.686. The molecular formula is C20H21BrO5. The normalized spacial score (nSPS) is 10.5. The molecule has 0 heterocycles. The lowest BCUT2D eigenvalue weighted by Gasteiger charge is -2.14. The van der Waals surface area contributed by atoms with Crippen molar-refractivity contribution in [3.63, 3.8) is 0 Å². The molecule has 0 N–H and O–H groups in total. The predicted molar refractivity (Wildman–Crippen MR) is 102 cm³/mol. The van der Waals surface area contributed by atoms with Crippen molar-refractivity contribution in [3.8, 4) is 11.5 Å². The average molecular weight is 421 g/mol. The number of rotatable bonds is 7. The van der Waals surface area contributed by atoms with Crippen LogP contribution in [0.1, 0.15) is 47.9 Å². The standard InChI is InChI=1S/C20H21BrO5/c1-4-11-24-19(22)14-5-8-16(9-6-14)26-20(23)17-12-15(21)7-10-18(17)25-13(2)3/h5-10,12-13H,4,11H2,1-3H3. The Balaban J connectivity index is 2.12. The molecule has 0 unspecified atom stereocenters. The third-order valence-corrected chi connectivity index (χ3v) is 3.76. The molecule has 0 aliphatic carbocycles. The fraction of sp³-hybridized carbons (Fsp3) is 0.300. The number of esters is 2. The molecule has 0 saturated heterocycles. The largest absolute Gasteiger partial charge is 0.490 e. The van der Waals surface area contributed by atoms with E-state index in [1.54, 1.807) is 42.5 Å². The first-order valence-corrected chi connectivity index (χ1v) is 9.15. The van der Waals surface area contributed by atoms with Crippen LogP contribution < -0.4 is 9.47 Å². The number of hydrogen-bond donors (Lipinski definition) is 0. The van der Waals surface area contributed by atoms with Gasteiger partial charge in [-0.1, -0.05) is 22.9 Å². The zero-order chi connectivity index (χ0) is 19.1. The van der Waals surface area contributed by atoms with E-state index in [9.17, 15) is 9.59 Å². The summed E-state index contributed by atoms with van der Waals surface area (Å²) in [5, 5.41) is 0. The Bertz CT molecular complexity index is 768. The molecule has 138 valence electrons. The fourth-order valence-corrected chi connectivity index (χ4v) is 2.48. The van der Waals surface area contributed by atoms with E-state index >= 15 is 0 Å². The molecular weight excluding hydrogens is 400 g/mol. The Hall–Kier alpha value is -2.34. The summed E-state index contributed by atoms with van der Waals surface area (Å²) >= 11 is 3.35. The maximum absolute atomic E-state index is 12.5. The van der Waals surface area contributed by atoms with Crippen molar-refractivity contribution in [1.29, 1.82) is 0 Å².